The second-order valence-corrected chi connectivity index (χ2v) is 10.1. The summed E-state index contributed by atoms with van der Waals surface area (Å²) in [4.78, 5) is 30.4. The fourth-order valence-electron chi connectivity index (χ4n) is 4.43. The smallest absolute Gasteiger partial charge is 0.254 e. The van der Waals surface area contributed by atoms with Crippen LogP contribution in [0.25, 0.3) is 0 Å². The van der Waals surface area contributed by atoms with Crippen molar-refractivity contribution in [3.8, 4) is 0 Å². The molecule has 1 aliphatic heterocycles. The van der Waals surface area contributed by atoms with Gasteiger partial charge in [-0.25, -0.2) is 0 Å². The highest BCUT2D eigenvalue weighted by atomic mass is 16.2. The third-order valence-electron chi connectivity index (χ3n) is 6.61. The first-order chi connectivity index (χ1) is 16.3. The number of carbonyl (C=O) groups excluding carboxylic acids is 2. The van der Waals surface area contributed by atoms with Crippen molar-refractivity contribution in [2.24, 2.45) is 0 Å². The van der Waals surface area contributed by atoms with Gasteiger partial charge in [-0.1, -0.05) is 87.5 Å². The van der Waals surface area contributed by atoms with Crippen LogP contribution >= 0.6 is 0 Å². The third-order valence-corrected chi connectivity index (χ3v) is 6.61. The topological polar surface area (TPSA) is 40.6 Å². The van der Waals surface area contributed by atoms with E-state index >= 15 is 0 Å². The minimum absolute atomic E-state index is 0.00206. The molecule has 0 unspecified atom stereocenters. The lowest BCUT2D eigenvalue weighted by molar-refractivity contribution is -0.132. The summed E-state index contributed by atoms with van der Waals surface area (Å²) < 4.78 is 0. The molecular weight excluding hydrogens is 420 g/mol. The highest BCUT2D eigenvalue weighted by Crippen LogP contribution is 2.23. The summed E-state index contributed by atoms with van der Waals surface area (Å²) in [6, 6.07) is 26.2. The highest BCUT2D eigenvalue weighted by Gasteiger charge is 2.25. The maximum atomic E-state index is 13.5. The molecule has 1 heterocycles. The predicted molar refractivity (Wildman–Crippen MR) is 137 cm³/mol. The minimum atomic E-state index is -0.0952. The summed E-state index contributed by atoms with van der Waals surface area (Å²) in [7, 11) is 0. The minimum Gasteiger partial charge on any atom is -0.336 e. The molecule has 0 saturated heterocycles. The van der Waals surface area contributed by atoms with Gasteiger partial charge in [0.15, 0.2) is 0 Å². The van der Waals surface area contributed by atoms with Crippen molar-refractivity contribution >= 4 is 11.8 Å². The van der Waals surface area contributed by atoms with Crippen LogP contribution in [0.3, 0.4) is 0 Å². The molecule has 0 aromatic heterocycles. The van der Waals surface area contributed by atoms with Gasteiger partial charge in [-0.15, -0.1) is 0 Å². The summed E-state index contributed by atoms with van der Waals surface area (Å²) in [6.07, 6.45) is 1.57. The van der Waals surface area contributed by atoms with Crippen LogP contribution in [0, 0.1) is 0 Å². The van der Waals surface area contributed by atoms with Gasteiger partial charge in [-0.3, -0.25) is 9.59 Å². The van der Waals surface area contributed by atoms with Crippen LogP contribution in [-0.4, -0.2) is 41.2 Å². The van der Waals surface area contributed by atoms with Crippen molar-refractivity contribution in [3.05, 3.63) is 107 Å². The molecule has 0 radical (unpaired) electrons. The number of hydrogen-bond donors (Lipinski definition) is 0. The molecule has 0 atom stereocenters. The van der Waals surface area contributed by atoms with Gasteiger partial charge >= 0.3 is 0 Å². The number of fused-ring (bicyclic) bond motifs is 1. The summed E-state index contributed by atoms with van der Waals surface area (Å²) in [5, 5.41) is 0. The molecule has 2 amide bonds. The van der Waals surface area contributed by atoms with Crippen LogP contribution < -0.4 is 0 Å². The molecule has 4 nitrogen and oxygen atoms in total. The van der Waals surface area contributed by atoms with Crippen LogP contribution in [0.15, 0.2) is 78.9 Å². The largest absolute Gasteiger partial charge is 0.336 e. The summed E-state index contributed by atoms with van der Waals surface area (Å²) in [6.45, 7) is 8.37. The van der Waals surface area contributed by atoms with Gasteiger partial charge in [0.2, 0.25) is 5.91 Å². The zero-order valence-corrected chi connectivity index (χ0v) is 20.5. The standard InChI is InChI=1S/C30H34N2O2/c1-30(2,3)27-15-13-25(14-16-27)29(34)32(19-17-23-9-5-4-6-10-23)22-28(33)31-20-18-24-11-7-8-12-26(24)21-31/h4-16H,17-22H2,1-3H3. The first-order valence-electron chi connectivity index (χ1n) is 12.1. The first-order valence-corrected chi connectivity index (χ1v) is 12.1. The van der Waals surface area contributed by atoms with Gasteiger partial charge in [0.05, 0.1) is 0 Å². The van der Waals surface area contributed by atoms with Crippen LogP contribution in [0.1, 0.15) is 53.4 Å². The van der Waals surface area contributed by atoms with Gasteiger partial charge in [0, 0.05) is 25.2 Å². The average molecular weight is 455 g/mol. The fraction of sp³-hybridized carbons (Fsp3) is 0.333. The average Bonchev–Trinajstić information content (AvgIpc) is 2.86. The SMILES string of the molecule is CC(C)(C)c1ccc(C(=O)N(CCc2ccccc2)CC(=O)N2CCc3ccccc3C2)cc1. The molecule has 4 heteroatoms. The molecule has 0 saturated carbocycles. The molecule has 3 aromatic carbocycles. The van der Waals surface area contributed by atoms with Gasteiger partial charge in [0.25, 0.3) is 5.91 Å². The Hall–Kier alpha value is -3.40. The molecular formula is C30H34N2O2. The van der Waals surface area contributed by atoms with Gasteiger partial charge in [0.1, 0.15) is 6.54 Å². The number of benzene rings is 3. The van der Waals surface area contributed by atoms with Crippen molar-refractivity contribution in [1.29, 1.82) is 0 Å². The summed E-state index contributed by atoms with van der Waals surface area (Å²) in [5.41, 5.74) is 5.49. The highest BCUT2D eigenvalue weighted by molar-refractivity contribution is 5.96. The Morgan fingerprint density at radius 1 is 0.853 bits per heavy atom. The van der Waals surface area contributed by atoms with E-state index in [1.165, 1.54) is 16.7 Å². The lowest BCUT2D eigenvalue weighted by Crippen LogP contribution is -2.45. The molecule has 4 rings (SSSR count). The summed E-state index contributed by atoms with van der Waals surface area (Å²) in [5.74, 6) is -0.0932. The Morgan fingerprint density at radius 3 is 2.18 bits per heavy atom. The van der Waals surface area contributed by atoms with E-state index in [1.54, 1.807) is 4.90 Å². The van der Waals surface area contributed by atoms with Crippen molar-refractivity contribution in [2.45, 2.75) is 45.6 Å². The molecule has 0 N–H and O–H groups in total. The number of amides is 2. The van der Waals surface area contributed by atoms with E-state index in [1.807, 2.05) is 59.5 Å². The van der Waals surface area contributed by atoms with E-state index in [4.69, 9.17) is 0 Å². The normalized spacial score (nSPS) is 13.3. The van der Waals surface area contributed by atoms with Crippen LogP contribution in [0.4, 0.5) is 0 Å². The maximum Gasteiger partial charge on any atom is 0.254 e. The maximum absolute atomic E-state index is 13.5. The van der Waals surface area contributed by atoms with Gasteiger partial charge in [-0.05, 0) is 52.6 Å². The zero-order valence-electron chi connectivity index (χ0n) is 20.5. The van der Waals surface area contributed by atoms with E-state index in [-0.39, 0.29) is 23.8 Å². The second-order valence-electron chi connectivity index (χ2n) is 10.1. The lowest BCUT2D eigenvalue weighted by atomic mass is 9.86. The Kier molecular flexibility index (Phi) is 7.16. The van der Waals surface area contributed by atoms with E-state index in [2.05, 4.69) is 45.0 Å². The van der Waals surface area contributed by atoms with Gasteiger partial charge < -0.3 is 9.80 Å². The number of hydrogen-bond acceptors (Lipinski definition) is 2. The Labute approximate surface area is 203 Å². The molecule has 0 aliphatic carbocycles. The molecule has 0 bridgehead atoms. The van der Waals surface area contributed by atoms with Crippen LogP contribution in [0.5, 0.6) is 0 Å². The van der Waals surface area contributed by atoms with Crippen molar-refractivity contribution < 1.29 is 9.59 Å². The number of nitrogens with zero attached hydrogens (tertiary/aromatic N) is 2. The van der Waals surface area contributed by atoms with E-state index < -0.39 is 0 Å². The van der Waals surface area contributed by atoms with Crippen molar-refractivity contribution in [3.63, 3.8) is 0 Å². The zero-order chi connectivity index (χ0) is 24.1. The molecule has 0 spiro atoms. The molecule has 3 aromatic rings. The molecule has 1 aliphatic rings. The Bertz CT molecular complexity index is 1130. The Morgan fingerprint density at radius 2 is 1.50 bits per heavy atom. The summed E-state index contributed by atoms with van der Waals surface area (Å²) >= 11 is 0. The van der Waals surface area contributed by atoms with Crippen LogP contribution in [0.2, 0.25) is 0 Å². The molecule has 0 fully saturated rings. The third kappa shape index (κ3) is 5.74. The quantitative estimate of drug-likeness (QED) is 0.510. The van der Waals surface area contributed by atoms with Gasteiger partial charge in [-0.2, -0.15) is 0 Å². The predicted octanol–water partition coefficient (Wildman–Crippen LogP) is 5.25. The van der Waals surface area contributed by atoms with E-state index in [9.17, 15) is 9.59 Å². The van der Waals surface area contributed by atoms with Crippen LogP contribution in [-0.2, 0) is 29.6 Å². The first kappa shape index (κ1) is 23.7. The molecule has 34 heavy (non-hydrogen) atoms. The fourth-order valence-corrected chi connectivity index (χ4v) is 4.43. The Balaban J connectivity index is 1.50. The lowest BCUT2D eigenvalue weighted by Gasteiger charge is -2.31. The number of rotatable bonds is 6. The van der Waals surface area contributed by atoms with Crippen molar-refractivity contribution in [1.82, 2.24) is 9.80 Å². The van der Waals surface area contributed by atoms with Crippen molar-refractivity contribution in [2.75, 3.05) is 19.6 Å². The molecule has 176 valence electrons. The second kappa shape index (κ2) is 10.3. The number of carbonyl (C=O) groups is 2. The van der Waals surface area contributed by atoms with E-state index in [0.29, 0.717) is 31.6 Å². The van der Waals surface area contributed by atoms with E-state index in [0.717, 1.165) is 12.0 Å². The monoisotopic (exact) mass is 454 g/mol.